The normalized spacial score (nSPS) is 12.4. The van der Waals surface area contributed by atoms with Crippen molar-refractivity contribution >= 4 is 33.5 Å². The van der Waals surface area contributed by atoms with Crippen molar-refractivity contribution in [3.63, 3.8) is 0 Å². The number of aromatic hydroxyl groups is 1. The van der Waals surface area contributed by atoms with Crippen molar-refractivity contribution in [2.75, 3.05) is 4.43 Å². The third kappa shape index (κ3) is 7.99. The number of phenolic OH excluding ortho intramolecular Hbond substituents is 1. The minimum atomic E-state index is -0.203. The van der Waals surface area contributed by atoms with Crippen LogP contribution in [-0.4, -0.2) is 20.7 Å². The van der Waals surface area contributed by atoms with Crippen LogP contribution in [0.3, 0.4) is 0 Å². The molecule has 0 radical (unpaired) electrons. The van der Waals surface area contributed by atoms with Gasteiger partial charge in [-0.05, 0) is 34.6 Å². The van der Waals surface area contributed by atoms with E-state index in [2.05, 4.69) is 133 Å². The fraction of sp³-hybridized carbons (Fsp3) is 0.273. The SMILES string of the molecule is CCCC[I-]c1ccc(-c2ccc(-c3cccc4sc(-c5ccccc5N=Cc5cc(C(C)(C)C)cc(C(C)(C)C)c5O)nc34)cc2)cc1. The number of alkyl halides is 1. The van der Waals surface area contributed by atoms with Gasteiger partial charge in [0.15, 0.2) is 0 Å². The van der Waals surface area contributed by atoms with Crippen molar-refractivity contribution < 1.29 is 26.3 Å². The zero-order chi connectivity index (χ0) is 34.8. The molecule has 5 aromatic carbocycles. The molecule has 0 saturated heterocycles. The predicted octanol–water partition coefficient (Wildman–Crippen LogP) is 9.41. The van der Waals surface area contributed by atoms with E-state index in [9.17, 15) is 5.11 Å². The monoisotopic (exact) mass is 777 g/mol. The van der Waals surface area contributed by atoms with Crippen molar-refractivity contribution in [2.24, 2.45) is 4.99 Å². The van der Waals surface area contributed by atoms with Crippen molar-refractivity contribution in [2.45, 2.75) is 72.1 Å². The molecule has 5 heteroatoms. The molecule has 0 atom stereocenters. The number of fused-ring (bicyclic) bond motifs is 1. The zero-order valence-corrected chi connectivity index (χ0v) is 32.6. The average Bonchev–Trinajstić information content (AvgIpc) is 3.52. The molecule has 0 amide bonds. The maximum atomic E-state index is 11.3. The molecule has 0 aliphatic carbocycles. The standard InChI is InChI=1S/C44H46IN2OS/c1-8-9-25-45-34-23-21-30(22-24-34)29-17-19-31(20-18-29)35-14-12-16-39-40(35)47-42(49-39)36-13-10-11-15-38(36)46-28-32-26-33(43(2,3)4)27-37(41(32)48)44(5,6)7/h10-24,26-28,48H,8-9,25H2,1-7H3/q-1. The Bertz CT molecular complexity index is 2100. The number of hydrogen-bond donors (Lipinski definition) is 1. The molecule has 1 N–H and O–H groups in total. The summed E-state index contributed by atoms with van der Waals surface area (Å²) < 4.78 is 4.03. The number of phenols is 1. The van der Waals surface area contributed by atoms with Gasteiger partial charge in [-0.25, -0.2) is 0 Å². The van der Waals surface area contributed by atoms with Crippen LogP contribution in [0.2, 0.25) is 0 Å². The quantitative estimate of drug-likeness (QED) is 0.0689. The van der Waals surface area contributed by atoms with E-state index in [0.29, 0.717) is 0 Å². The third-order valence-corrected chi connectivity index (χ3v) is 12.8. The molecule has 0 bridgehead atoms. The first-order chi connectivity index (χ1) is 23.4. The molecular weight excluding hydrogens is 731 g/mol. The van der Waals surface area contributed by atoms with Crippen LogP contribution in [-0.2, 0) is 10.8 Å². The Balaban J connectivity index is 1.30. The van der Waals surface area contributed by atoms with Gasteiger partial charge in [-0.15, -0.1) is 0 Å². The molecule has 0 aliphatic heterocycles. The summed E-state index contributed by atoms with van der Waals surface area (Å²) >= 11 is 1.80. The molecule has 1 aromatic heterocycles. The van der Waals surface area contributed by atoms with Crippen molar-refractivity contribution in [3.05, 3.63) is 123 Å². The average molecular weight is 778 g/mol. The summed E-state index contributed by atoms with van der Waals surface area (Å²) in [6, 6.07) is 36.9. The van der Waals surface area contributed by atoms with Crippen LogP contribution < -0.4 is 21.2 Å². The fourth-order valence-corrected chi connectivity index (χ4v) is 9.51. The van der Waals surface area contributed by atoms with Crippen LogP contribution in [0.25, 0.3) is 43.0 Å². The number of unbranched alkanes of at least 4 members (excludes halogenated alkanes) is 1. The van der Waals surface area contributed by atoms with E-state index in [0.717, 1.165) is 48.7 Å². The summed E-state index contributed by atoms with van der Waals surface area (Å²) in [6.45, 7) is 15.3. The summed E-state index contributed by atoms with van der Waals surface area (Å²) in [7, 11) is 0. The first kappa shape index (κ1) is 35.0. The van der Waals surface area contributed by atoms with Crippen molar-refractivity contribution in [3.8, 4) is 38.6 Å². The van der Waals surface area contributed by atoms with E-state index in [1.165, 1.54) is 37.5 Å². The van der Waals surface area contributed by atoms with E-state index in [-0.39, 0.29) is 37.8 Å². The number of benzene rings is 5. The maximum absolute atomic E-state index is 11.3. The van der Waals surface area contributed by atoms with E-state index >= 15 is 0 Å². The Kier molecular flexibility index (Phi) is 10.4. The fourth-order valence-electron chi connectivity index (χ4n) is 5.85. The Morgan fingerprint density at radius 3 is 2.08 bits per heavy atom. The Labute approximate surface area is 306 Å². The molecule has 49 heavy (non-hydrogen) atoms. The van der Waals surface area contributed by atoms with E-state index in [1.54, 1.807) is 17.6 Å². The van der Waals surface area contributed by atoms with Gasteiger partial charge in [0.05, 0.1) is 5.69 Å². The molecular formula is C44H46IN2OS-. The number of rotatable bonds is 9. The van der Waals surface area contributed by atoms with Crippen LogP contribution in [0.1, 0.15) is 78.0 Å². The summed E-state index contributed by atoms with van der Waals surface area (Å²) in [5, 5.41) is 12.3. The second-order valence-corrected chi connectivity index (χ2v) is 18.8. The second kappa shape index (κ2) is 14.6. The van der Waals surface area contributed by atoms with Crippen LogP contribution in [0.15, 0.2) is 108 Å². The van der Waals surface area contributed by atoms with Crippen LogP contribution in [0, 0.1) is 3.57 Å². The summed E-state index contributed by atoms with van der Waals surface area (Å²) in [4.78, 5) is 10.2. The van der Waals surface area contributed by atoms with Gasteiger partial charge in [0.1, 0.15) is 5.75 Å². The summed E-state index contributed by atoms with van der Waals surface area (Å²) in [5.74, 6) is 0.290. The predicted molar refractivity (Wildman–Crippen MR) is 207 cm³/mol. The van der Waals surface area contributed by atoms with Gasteiger partial charge < -0.3 is 5.11 Å². The van der Waals surface area contributed by atoms with Crippen LogP contribution >= 0.6 is 11.3 Å². The van der Waals surface area contributed by atoms with Gasteiger partial charge in [-0.1, -0.05) is 59.7 Å². The first-order valence-corrected chi connectivity index (χ1v) is 20.6. The third-order valence-electron chi connectivity index (χ3n) is 8.82. The van der Waals surface area contributed by atoms with Gasteiger partial charge in [0.25, 0.3) is 0 Å². The summed E-state index contributed by atoms with van der Waals surface area (Å²) in [6.07, 6.45) is 4.42. The molecule has 1 heterocycles. The zero-order valence-electron chi connectivity index (χ0n) is 29.6. The number of aliphatic imine (C=N–C) groups is 1. The van der Waals surface area contributed by atoms with Gasteiger partial charge >= 0.3 is 169 Å². The van der Waals surface area contributed by atoms with Crippen molar-refractivity contribution in [1.82, 2.24) is 4.98 Å². The number of aromatic nitrogens is 1. The molecule has 252 valence electrons. The molecule has 6 rings (SSSR count). The van der Waals surface area contributed by atoms with E-state index in [1.807, 2.05) is 18.2 Å². The number of thiazole rings is 1. The van der Waals surface area contributed by atoms with Gasteiger partial charge in [0.2, 0.25) is 0 Å². The van der Waals surface area contributed by atoms with E-state index in [4.69, 9.17) is 9.98 Å². The Morgan fingerprint density at radius 1 is 0.755 bits per heavy atom. The molecule has 0 spiro atoms. The number of para-hydroxylation sites is 2. The van der Waals surface area contributed by atoms with E-state index < -0.39 is 0 Å². The van der Waals surface area contributed by atoms with Crippen molar-refractivity contribution in [1.29, 1.82) is 0 Å². The molecule has 0 fully saturated rings. The Hall–Kier alpha value is -3.81. The topological polar surface area (TPSA) is 45.5 Å². The van der Waals surface area contributed by atoms with Gasteiger partial charge in [-0.2, -0.15) is 0 Å². The molecule has 3 nitrogen and oxygen atoms in total. The second-order valence-electron chi connectivity index (χ2n) is 14.7. The number of halogens is 1. The summed E-state index contributed by atoms with van der Waals surface area (Å²) in [5.41, 5.74) is 10.1. The minimum absolute atomic E-state index is 0.0621. The molecule has 0 aliphatic rings. The van der Waals surface area contributed by atoms with Gasteiger partial charge in [0, 0.05) is 22.9 Å². The number of hydrogen-bond acceptors (Lipinski definition) is 4. The number of nitrogens with zero attached hydrogens (tertiary/aromatic N) is 2. The van der Waals surface area contributed by atoms with Crippen LogP contribution in [0.4, 0.5) is 5.69 Å². The Morgan fingerprint density at radius 2 is 1.41 bits per heavy atom. The molecule has 0 saturated carbocycles. The molecule has 6 aromatic rings. The van der Waals surface area contributed by atoms with Gasteiger partial charge in [-0.3, -0.25) is 4.99 Å². The first-order valence-electron chi connectivity index (χ1n) is 17.1. The van der Waals surface area contributed by atoms with Crippen LogP contribution in [0.5, 0.6) is 5.75 Å². The molecule has 0 unspecified atom stereocenters.